The van der Waals surface area contributed by atoms with Crippen molar-refractivity contribution in [2.45, 2.75) is 13.8 Å². The maximum atomic E-state index is 13.2. The Hall–Kier alpha value is -3.20. The van der Waals surface area contributed by atoms with E-state index in [1.54, 1.807) is 18.2 Å². The van der Waals surface area contributed by atoms with Crippen molar-refractivity contribution in [3.63, 3.8) is 0 Å². The minimum atomic E-state index is -1.39. The van der Waals surface area contributed by atoms with Gasteiger partial charge in [0.05, 0.1) is 11.6 Å². The molecule has 0 aliphatic rings. The fourth-order valence-electron chi connectivity index (χ4n) is 1.91. The summed E-state index contributed by atoms with van der Waals surface area (Å²) in [5.74, 6) is -1.59. The Morgan fingerprint density at radius 3 is 2.08 bits per heavy atom. The van der Waals surface area contributed by atoms with E-state index in [9.17, 15) is 14.0 Å². The standard InChI is InChI=1S/C18H16FN3O2/c1-18(2,17(24)22-15-8-4-6-13(19)10-15)16(23)21-14-7-3-5-12(9-14)11-20/h3-10H,1-2H3,(H,21,23)(H,22,24). The summed E-state index contributed by atoms with van der Waals surface area (Å²) < 4.78 is 13.2. The van der Waals surface area contributed by atoms with Gasteiger partial charge in [0, 0.05) is 11.4 Å². The summed E-state index contributed by atoms with van der Waals surface area (Å²) in [5.41, 5.74) is -0.303. The Kier molecular flexibility index (Phi) is 4.95. The number of anilines is 2. The second-order valence-electron chi connectivity index (χ2n) is 5.74. The molecule has 2 rings (SSSR count). The van der Waals surface area contributed by atoms with Crippen molar-refractivity contribution in [2.75, 3.05) is 10.6 Å². The Morgan fingerprint density at radius 1 is 1.00 bits per heavy atom. The number of carbonyl (C=O) groups excluding carboxylic acids is 2. The van der Waals surface area contributed by atoms with Gasteiger partial charge in [-0.15, -0.1) is 0 Å². The van der Waals surface area contributed by atoms with Crippen LogP contribution in [0.3, 0.4) is 0 Å². The molecule has 24 heavy (non-hydrogen) atoms. The molecule has 6 heteroatoms. The number of rotatable bonds is 4. The highest BCUT2D eigenvalue weighted by atomic mass is 19.1. The topological polar surface area (TPSA) is 82.0 Å². The largest absolute Gasteiger partial charge is 0.325 e. The summed E-state index contributed by atoms with van der Waals surface area (Å²) in [6.45, 7) is 2.93. The van der Waals surface area contributed by atoms with Crippen LogP contribution in [-0.2, 0) is 9.59 Å². The fraction of sp³-hybridized carbons (Fsp3) is 0.167. The Bertz CT molecular complexity index is 825. The molecule has 5 nitrogen and oxygen atoms in total. The molecule has 0 unspecified atom stereocenters. The number of hydrogen-bond acceptors (Lipinski definition) is 3. The zero-order valence-electron chi connectivity index (χ0n) is 13.3. The zero-order chi connectivity index (χ0) is 17.7. The lowest BCUT2D eigenvalue weighted by atomic mass is 9.90. The maximum absolute atomic E-state index is 13.2. The van der Waals surface area contributed by atoms with E-state index in [1.165, 1.54) is 44.2 Å². The van der Waals surface area contributed by atoms with E-state index in [-0.39, 0.29) is 5.69 Å². The number of halogens is 1. The van der Waals surface area contributed by atoms with Gasteiger partial charge in [0.25, 0.3) is 0 Å². The van der Waals surface area contributed by atoms with Gasteiger partial charge in [0.1, 0.15) is 11.2 Å². The van der Waals surface area contributed by atoms with Crippen LogP contribution in [0.2, 0.25) is 0 Å². The van der Waals surface area contributed by atoms with Crippen LogP contribution >= 0.6 is 0 Å². The van der Waals surface area contributed by atoms with Gasteiger partial charge in [0.2, 0.25) is 11.8 Å². The van der Waals surface area contributed by atoms with E-state index in [1.807, 2.05) is 6.07 Å². The molecule has 2 amide bonds. The van der Waals surface area contributed by atoms with Crippen molar-refractivity contribution in [2.24, 2.45) is 5.41 Å². The monoisotopic (exact) mass is 325 g/mol. The lowest BCUT2D eigenvalue weighted by molar-refractivity contribution is -0.135. The van der Waals surface area contributed by atoms with Crippen LogP contribution in [0.4, 0.5) is 15.8 Å². The number of benzene rings is 2. The highest BCUT2D eigenvalue weighted by Gasteiger charge is 2.36. The molecular formula is C18H16FN3O2. The minimum Gasteiger partial charge on any atom is -0.325 e. The van der Waals surface area contributed by atoms with Crippen LogP contribution in [0.15, 0.2) is 48.5 Å². The summed E-state index contributed by atoms with van der Waals surface area (Å²) in [5, 5.41) is 14.0. The molecule has 2 aromatic rings. The van der Waals surface area contributed by atoms with E-state index < -0.39 is 23.0 Å². The third kappa shape index (κ3) is 3.96. The van der Waals surface area contributed by atoms with E-state index in [4.69, 9.17) is 5.26 Å². The quantitative estimate of drug-likeness (QED) is 0.846. The first-order valence-electron chi connectivity index (χ1n) is 7.21. The molecule has 0 saturated carbocycles. The normalized spacial score (nSPS) is 10.6. The molecule has 0 aliphatic carbocycles. The molecule has 0 heterocycles. The van der Waals surface area contributed by atoms with Crippen molar-refractivity contribution in [3.8, 4) is 6.07 Å². The van der Waals surface area contributed by atoms with Gasteiger partial charge < -0.3 is 10.6 Å². The molecule has 0 radical (unpaired) electrons. The van der Waals surface area contributed by atoms with Crippen LogP contribution in [-0.4, -0.2) is 11.8 Å². The molecule has 0 saturated heterocycles. The van der Waals surface area contributed by atoms with Gasteiger partial charge in [0.15, 0.2) is 0 Å². The van der Waals surface area contributed by atoms with Crippen LogP contribution in [0.5, 0.6) is 0 Å². The third-order valence-corrected chi connectivity index (χ3v) is 3.47. The smallest absolute Gasteiger partial charge is 0.239 e. The Balaban J connectivity index is 2.11. The average Bonchev–Trinajstić information content (AvgIpc) is 2.54. The SMILES string of the molecule is CC(C)(C(=O)Nc1cccc(F)c1)C(=O)Nc1cccc(C#N)c1. The van der Waals surface area contributed by atoms with Crippen LogP contribution in [0, 0.1) is 22.6 Å². The van der Waals surface area contributed by atoms with Crippen LogP contribution < -0.4 is 10.6 Å². The average molecular weight is 325 g/mol. The van der Waals surface area contributed by atoms with Crippen molar-refractivity contribution in [3.05, 3.63) is 59.9 Å². The molecule has 2 N–H and O–H groups in total. The Morgan fingerprint density at radius 2 is 1.54 bits per heavy atom. The van der Waals surface area contributed by atoms with E-state index in [0.717, 1.165) is 0 Å². The first-order chi connectivity index (χ1) is 11.3. The van der Waals surface area contributed by atoms with E-state index in [2.05, 4.69) is 10.6 Å². The molecule has 0 bridgehead atoms. The van der Waals surface area contributed by atoms with Gasteiger partial charge >= 0.3 is 0 Å². The number of nitrogens with zero attached hydrogens (tertiary/aromatic N) is 1. The minimum absolute atomic E-state index is 0.271. The lowest BCUT2D eigenvalue weighted by Gasteiger charge is -2.22. The number of hydrogen-bond donors (Lipinski definition) is 2. The van der Waals surface area contributed by atoms with Crippen molar-refractivity contribution in [1.29, 1.82) is 5.26 Å². The van der Waals surface area contributed by atoms with Crippen molar-refractivity contribution < 1.29 is 14.0 Å². The molecule has 0 aliphatic heterocycles. The van der Waals surface area contributed by atoms with E-state index in [0.29, 0.717) is 11.3 Å². The second kappa shape index (κ2) is 6.92. The molecule has 0 fully saturated rings. The molecule has 122 valence electrons. The highest BCUT2D eigenvalue weighted by Crippen LogP contribution is 2.22. The Labute approximate surface area is 139 Å². The van der Waals surface area contributed by atoms with Gasteiger partial charge in [-0.1, -0.05) is 12.1 Å². The van der Waals surface area contributed by atoms with Crippen LogP contribution in [0.1, 0.15) is 19.4 Å². The number of carbonyl (C=O) groups is 2. The molecular weight excluding hydrogens is 309 g/mol. The number of amides is 2. The zero-order valence-corrected chi connectivity index (χ0v) is 13.3. The predicted molar refractivity (Wildman–Crippen MR) is 88.6 cm³/mol. The molecule has 0 atom stereocenters. The molecule has 0 aromatic heterocycles. The van der Waals surface area contributed by atoms with Gasteiger partial charge in [-0.3, -0.25) is 9.59 Å². The highest BCUT2D eigenvalue weighted by molar-refractivity contribution is 6.14. The third-order valence-electron chi connectivity index (χ3n) is 3.47. The van der Waals surface area contributed by atoms with Gasteiger partial charge in [-0.05, 0) is 50.2 Å². The first-order valence-corrected chi connectivity index (χ1v) is 7.21. The van der Waals surface area contributed by atoms with Crippen molar-refractivity contribution >= 4 is 23.2 Å². The molecule has 2 aromatic carbocycles. The van der Waals surface area contributed by atoms with E-state index >= 15 is 0 Å². The summed E-state index contributed by atoms with van der Waals surface area (Å²) in [4.78, 5) is 24.8. The number of nitrogens with one attached hydrogen (secondary N) is 2. The summed E-state index contributed by atoms with van der Waals surface area (Å²) in [6, 6.07) is 13.8. The summed E-state index contributed by atoms with van der Waals surface area (Å²) in [6.07, 6.45) is 0. The van der Waals surface area contributed by atoms with Crippen LogP contribution in [0.25, 0.3) is 0 Å². The summed E-state index contributed by atoms with van der Waals surface area (Å²) >= 11 is 0. The molecule has 0 spiro atoms. The number of nitriles is 1. The van der Waals surface area contributed by atoms with Gasteiger partial charge in [-0.25, -0.2) is 4.39 Å². The summed E-state index contributed by atoms with van der Waals surface area (Å²) in [7, 11) is 0. The predicted octanol–water partition coefficient (Wildman–Crippen LogP) is 3.30. The fourth-order valence-corrected chi connectivity index (χ4v) is 1.91. The lowest BCUT2D eigenvalue weighted by Crippen LogP contribution is -2.41. The maximum Gasteiger partial charge on any atom is 0.239 e. The van der Waals surface area contributed by atoms with Crippen molar-refractivity contribution in [1.82, 2.24) is 0 Å². The second-order valence-corrected chi connectivity index (χ2v) is 5.74. The first kappa shape index (κ1) is 17.2. The van der Waals surface area contributed by atoms with Gasteiger partial charge in [-0.2, -0.15) is 5.26 Å².